The molecule has 1 saturated heterocycles. The molecular weight excluding hydrogens is 264 g/mol. The van der Waals surface area contributed by atoms with E-state index >= 15 is 0 Å². The molecule has 118 valence electrons. The van der Waals surface area contributed by atoms with E-state index in [2.05, 4.69) is 34.0 Å². The summed E-state index contributed by atoms with van der Waals surface area (Å²) >= 11 is 0. The number of rotatable bonds is 6. The van der Waals surface area contributed by atoms with Gasteiger partial charge in [0.05, 0.1) is 6.33 Å². The summed E-state index contributed by atoms with van der Waals surface area (Å²) in [7, 11) is 0. The van der Waals surface area contributed by atoms with Gasteiger partial charge in [0.25, 0.3) is 5.91 Å². The first kappa shape index (κ1) is 16.0. The molecule has 1 aliphatic heterocycles. The van der Waals surface area contributed by atoms with E-state index in [0.29, 0.717) is 11.6 Å². The quantitative estimate of drug-likeness (QED) is 0.845. The standard InChI is InChI=1S/C16H28N4O/c1-12(2)9-20-8-4-5-14(10-20)6-7-17-16(21)15-13(3)18-11-19-15/h11-12,14H,4-10H2,1-3H3,(H,17,21)(H,18,19)/t14-/m1/s1. The first-order valence-corrected chi connectivity index (χ1v) is 8.06. The molecule has 1 fully saturated rings. The third kappa shape index (κ3) is 4.84. The Morgan fingerprint density at radius 3 is 3.05 bits per heavy atom. The summed E-state index contributed by atoms with van der Waals surface area (Å²) in [6.07, 6.45) is 5.19. The van der Waals surface area contributed by atoms with Gasteiger partial charge in [-0.2, -0.15) is 0 Å². The molecule has 1 aliphatic rings. The van der Waals surface area contributed by atoms with Crippen molar-refractivity contribution in [1.82, 2.24) is 20.2 Å². The van der Waals surface area contributed by atoms with E-state index in [4.69, 9.17) is 0 Å². The minimum Gasteiger partial charge on any atom is -0.351 e. The molecule has 0 unspecified atom stereocenters. The molecule has 2 heterocycles. The summed E-state index contributed by atoms with van der Waals surface area (Å²) in [4.78, 5) is 21.5. The number of likely N-dealkylation sites (tertiary alicyclic amines) is 1. The van der Waals surface area contributed by atoms with Crippen LogP contribution in [0.5, 0.6) is 0 Å². The molecule has 1 amide bonds. The molecule has 2 rings (SSSR count). The summed E-state index contributed by atoms with van der Waals surface area (Å²) in [5.41, 5.74) is 1.34. The van der Waals surface area contributed by atoms with Crippen molar-refractivity contribution in [2.45, 2.75) is 40.0 Å². The Hall–Kier alpha value is -1.36. The van der Waals surface area contributed by atoms with Gasteiger partial charge in [0, 0.05) is 25.3 Å². The molecule has 5 nitrogen and oxygen atoms in total. The van der Waals surface area contributed by atoms with E-state index in [1.54, 1.807) is 6.33 Å². The van der Waals surface area contributed by atoms with Gasteiger partial charge in [-0.15, -0.1) is 0 Å². The van der Waals surface area contributed by atoms with Crippen LogP contribution in [0.1, 0.15) is 49.3 Å². The number of H-pyrrole nitrogens is 1. The van der Waals surface area contributed by atoms with E-state index in [9.17, 15) is 4.79 Å². The van der Waals surface area contributed by atoms with Gasteiger partial charge in [0.15, 0.2) is 0 Å². The fourth-order valence-corrected chi connectivity index (χ4v) is 3.13. The summed E-state index contributed by atoms with van der Waals surface area (Å²) in [5.74, 6) is 1.37. The van der Waals surface area contributed by atoms with E-state index in [1.807, 2.05) is 6.92 Å². The van der Waals surface area contributed by atoms with Crippen LogP contribution in [0.2, 0.25) is 0 Å². The molecule has 2 N–H and O–H groups in total. The van der Waals surface area contributed by atoms with Gasteiger partial charge in [0.2, 0.25) is 0 Å². The highest BCUT2D eigenvalue weighted by atomic mass is 16.1. The maximum atomic E-state index is 12.0. The van der Waals surface area contributed by atoms with Crippen molar-refractivity contribution in [2.24, 2.45) is 11.8 Å². The highest BCUT2D eigenvalue weighted by Gasteiger charge is 2.20. The first-order valence-electron chi connectivity index (χ1n) is 8.06. The lowest BCUT2D eigenvalue weighted by molar-refractivity contribution is 0.0941. The van der Waals surface area contributed by atoms with Crippen LogP contribution in [0.25, 0.3) is 0 Å². The molecule has 5 heteroatoms. The van der Waals surface area contributed by atoms with Gasteiger partial charge in [-0.05, 0) is 44.6 Å². The van der Waals surface area contributed by atoms with Crippen molar-refractivity contribution >= 4 is 5.91 Å². The number of nitrogens with zero attached hydrogens (tertiary/aromatic N) is 2. The number of nitrogens with one attached hydrogen (secondary N) is 2. The minimum atomic E-state index is -0.0661. The zero-order chi connectivity index (χ0) is 15.2. The van der Waals surface area contributed by atoms with Crippen molar-refractivity contribution in [2.75, 3.05) is 26.2 Å². The van der Waals surface area contributed by atoms with E-state index < -0.39 is 0 Å². The van der Waals surface area contributed by atoms with E-state index in [-0.39, 0.29) is 5.91 Å². The first-order chi connectivity index (χ1) is 10.1. The normalized spacial score (nSPS) is 19.9. The maximum absolute atomic E-state index is 12.0. The van der Waals surface area contributed by atoms with Crippen LogP contribution in [0.15, 0.2) is 6.33 Å². The zero-order valence-corrected chi connectivity index (χ0v) is 13.5. The number of aryl methyl sites for hydroxylation is 1. The number of carbonyl (C=O) groups excluding carboxylic acids is 1. The van der Waals surface area contributed by atoms with Crippen molar-refractivity contribution in [3.05, 3.63) is 17.7 Å². The largest absolute Gasteiger partial charge is 0.351 e. The second-order valence-electron chi connectivity index (χ2n) is 6.58. The monoisotopic (exact) mass is 292 g/mol. The van der Waals surface area contributed by atoms with Gasteiger partial charge in [-0.1, -0.05) is 13.8 Å². The van der Waals surface area contributed by atoms with Crippen molar-refractivity contribution in [3.63, 3.8) is 0 Å². The Bertz CT molecular complexity index is 455. The molecule has 0 bridgehead atoms. The summed E-state index contributed by atoms with van der Waals surface area (Å²) < 4.78 is 0. The zero-order valence-electron chi connectivity index (χ0n) is 13.5. The maximum Gasteiger partial charge on any atom is 0.271 e. The lowest BCUT2D eigenvalue weighted by atomic mass is 9.94. The number of amides is 1. The van der Waals surface area contributed by atoms with Crippen LogP contribution in [0, 0.1) is 18.8 Å². The van der Waals surface area contributed by atoms with Crippen molar-refractivity contribution in [1.29, 1.82) is 0 Å². The fourth-order valence-electron chi connectivity index (χ4n) is 3.13. The van der Waals surface area contributed by atoms with Gasteiger partial charge in [-0.3, -0.25) is 4.79 Å². The predicted molar refractivity (Wildman–Crippen MR) is 84.3 cm³/mol. The number of aromatic nitrogens is 2. The number of hydrogen-bond donors (Lipinski definition) is 2. The Morgan fingerprint density at radius 1 is 1.57 bits per heavy atom. The number of aromatic amines is 1. The van der Waals surface area contributed by atoms with Gasteiger partial charge >= 0.3 is 0 Å². The third-order valence-electron chi connectivity index (χ3n) is 4.11. The van der Waals surface area contributed by atoms with Crippen LogP contribution >= 0.6 is 0 Å². The van der Waals surface area contributed by atoms with E-state index in [1.165, 1.54) is 32.5 Å². The molecule has 0 radical (unpaired) electrons. The van der Waals surface area contributed by atoms with E-state index in [0.717, 1.165) is 24.6 Å². The molecule has 1 aromatic rings. The van der Waals surface area contributed by atoms with Crippen molar-refractivity contribution in [3.8, 4) is 0 Å². The molecule has 1 aromatic heterocycles. The average molecular weight is 292 g/mol. The SMILES string of the molecule is Cc1[nH]cnc1C(=O)NCC[C@H]1CCCN(CC(C)C)C1. The predicted octanol–water partition coefficient (Wildman–Crippen LogP) is 2.21. The van der Waals surface area contributed by atoms with Gasteiger partial charge in [-0.25, -0.2) is 4.98 Å². The van der Waals surface area contributed by atoms with Gasteiger partial charge < -0.3 is 15.2 Å². The second-order valence-corrected chi connectivity index (χ2v) is 6.58. The van der Waals surface area contributed by atoms with Crippen molar-refractivity contribution < 1.29 is 4.79 Å². The minimum absolute atomic E-state index is 0.0661. The Labute approximate surface area is 127 Å². The Balaban J connectivity index is 1.71. The highest BCUT2D eigenvalue weighted by molar-refractivity contribution is 5.93. The summed E-state index contributed by atoms with van der Waals surface area (Å²) in [5, 5.41) is 2.99. The molecule has 0 spiro atoms. The van der Waals surface area contributed by atoms with Crippen LogP contribution < -0.4 is 5.32 Å². The molecular formula is C16H28N4O. The molecule has 1 atom stereocenters. The van der Waals surface area contributed by atoms with Crippen LogP contribution in [0.3, 0.4) is 0 Å². The second kappa shape index (κ2) is 7.59. The summed E-state index contributed by atoms with van der Waals surface area (Å²) in [6, 6.07) is 0. The average Bonchev–Trinajstić information content (AvgIpc) is 2.84. The number of hydrogen-bond acceptors (Lipinski definition) is 3. The number of imidazole rings is 1. The van der Waals surface area contributed by atoms with Gasteiger partial charge in [0.1, 0.15) is 5.69 Å². The lowest BCUT2D eigenvalue weighted by Gasteiger charge is -2.33. The molecule has 0 saturated carbocycles. The summed E-state index contributed by atoms with van der Waals surface area (Å²) in [6.45, 7) is 10.8. The Morgan fingerprint density at radius 2 is 2.38 bits per heavy atom. The van der Waals surface area contributed by atoms with Crippen LogP contribution in [0.4, 0.5) is 0 Å². The molecule has 0 aliphatic carbocycles. The smallest absolute Gasteiger partial charge is 0.271 e. The third-order valence-corrected chi connectivity index (χ3v) is 4.11. The molecule has 0 aromatic carbocycles. The topological polar surface area (TPSA) is 61.0 Å². The number of carbonyl (C=O) groups is 1. The number of piperidine rings is 1. The lowest BCUT2D eigenvalue weighted by Crippen LogP contribution is -2.39. The van der Waals surface area contributed by atoms with Crippen LogP contribution in [-0.4, -0.2) is 47.0 Å². The highest BCUT2D eigenvalue weighted by Crippen LogP contribution is 2.20. The fraction of sp³-hybridized carbons (Fsp3) is 0.750. The van der Waals surface area contributed by atoms with Crippen LogP contribution in [-0.2, 0) is 0 Å². The molecule has 21 heavy (non-hydrogen) atoms. The Kier molecular flexibility index (Phi) is 5.79.